The Balaban J connectivity index is 1.82. The van der Waals surface area contributed by atoms with Crippen LogP contribution in [-0.2, 0) is 6.42 Å². The van der Waals surface area contributed by atoms with Crippen LogP contribution in [0.1, 0.15) is 30.0 Å². The van der Waals surface area contributed by atoms with Crippen molar-refractivity contribution in [1.82, 2.24) is 0 Å². The van der Waals surface area contributed by atoms with Crippen LogP contribution in [0.15, 0.2) is 65.7 Å². The highest BCUT2D eigenvalue weighted by molar-refractivity contribution is 7.78. The molecule has 0 spiro atoms. The summed E-state index contributed by atoms with van der Waals surface area (Å²) >= 11 is 4.47. The van der Waals surface area contributed by atoms with Gasteiger partial charge in [-0.25, -0.2) is 8.78 Å². The van der Waals surface area contributed by atoms with E-state index in [-0.39, 0.29) is 11.5 Å². The number of aryl methyl sites for hydroxylation is 1. The molecule has 0 aliphatic rings. The minimum absolute atomic E-state index is 0.112. The summed E-state index contributed by atoms with van der Waals surface area (Å²) in [6, 6.07) is 17.2. The number of rotatable bonds is 4. The fourth-order valence-corrected chi connectivity index (χ4v) is 2.93. The van der Waals surface area contributed by atoms with Crippen molar-refractivity contribution in [1.29, 1.82) is 0 Å². The van der Waals surface area contributed by atoms with Gasteiger partial charge in [0.25, 0.3) is 0 Å². The van der Waals surface area contributed by atoms with Gasteiger partial charge in [0.15, 0.2) is 5.82 Å². The number of thiocarbonyl (C=S) groups is 1. The lowest BCUT2D eigenvalue weighted by Crippen LogP contribution is -1.88. The maximum atomic E-state index is 14.6. The topological polar surface area (TPSA) is 12.4 Å². The van der Waals surface area contributed by atoms with Crippen LogP contribution in [0.3, 0.4) is 0 Å². The molecule has 0 radical (unpaired) electrons. The molecule has 0 heterocycles. The molecule has 0 saturated heterocycles. The van der Waals surface area contributed by atoms with Crippen molar-refractivity contribution in [3.63, 3.8) is 0 Å². The predicted octanol–water partition coefficient (Wildman–Crippen LogP) is 6.72. The van der Waals surface area contributed by atoms with E-state index < -0.39 is 5.82 Å². The summed E-state index contributed by atoms with van der Waals surface area (Å²) in [6.07, 6.45) is 2.09. The largest absolute Gasteiger partial charge is 0.206 e. The fraction of sp³-hybridized carbons (Fsp3) is 0.125. The van der Waals surface area contributed by atoms with E-state index in [9.17, 15) is 8.78 Å². The highest BCUT2D eigenvalue weighted by atomic mass is 32.1. The second-order valence-electron chi connectivity index (χ2n) is 6.26. The van der Waals surface area contributed by atoms with Gasteiger partial charge in [-0.1, -0.05) is 55.5 Å². The van der Waals surface area contributed by atoms with E-state index in [1.54, 1.807) is 18.2 Å². The van der Waals surface area contributed by atoms with Crippen LogP contribution in [-0.4, -0.2) is 5.16 Å². The molecule has 3 aromatic rings. The maximum absolute atomic E-state index is 14.6. The smallest absolute Gasteiger partial charge is 0.150 e. The Morgan fingerprint density at radius 2 is 1.50 bits per heavy atom. The zero-order chi connectivity index (χ0) is 19.9. The van der Waals surface area contributed by atoms with Gasteiger partial charge in [0.05, 0.1) is 5.16 Å². The summed E-state index contributed by atoms with van der Waals surface area (Å²) in [6.45, 7) is 2.13. The van der Waals surface area contributed by atoms with E-state index in [4.69, 9.17) is 0 Å². The van der Waals surface area contributed by atoms with Crippen LogP contribution in [0.25, 0.3) is 11.1 Å². The van der Waals surface area contributed by atoms with Crippen LogP contribution in [0.5, 0.6) is 0 Å². The Bertz CT molecular complexity index is 1100. The van der Waals surface area contributed by atoms with Crippen molar-refractivity contribution in [2.45, 2.75) is 19.8 Å². The van der Waals surface area contributed by atoms with Crippen molar-refractivity contribution in [2.24, 2.45) is 4.99 Å². The summed E-state index contributed by atoms with van der Waals surface area (Å²) < 4.78 is 28.4. The number of aliphatic imine (C=N–C) groups is 1. The first-order valence-electron chi connectivity index (χ1n) is 8.89. The SMILES string of the molecule is CCCc1ccc(-c2ccc(C#Cc3ccc(N=C=S)c(F)c3)cc2F)cc1. The van der Waals surface area contributed by atoms with E-state index in [0.29, 0.717) is 16.7 Å². The van der Waals surface area contributed by atoms with Gasteiger partial charge in [0.1, 0.15) is 11.5 Å². The molecule has 0 fully saturated rings. The molecule has 138 valence electrons. The number of nitrogens with zero attached hydrogens (tertiary/aromatic N) is 1. The van der Waals surface area contributed by atoms with Crippen LogP contribution in [0.4, 0.5) is 14.5 Å². The number of hydrogen-bond donors (Lipinski definition) is 0. The standard InChI is InChI=1S/C24H17F2NS/c1-2-3-17-6-10-20(11-7-17)21-12-8-18(14-22(21)25)4-5-19-9-13-24(27-16-28)23(26)15-19/h6-15H,2-3H2,1H3. The third-order valence-corrected chi connectivity index (χ3v) is 4.33. The van der Waals surface area contributed by atoms with E-state index in [1.165, 1.54) is 23.8 Å². The molecule has 3 rings (SSSR count). The van der Waals surface area contributed by atoms with Gasteiger partial charge in [-0.05, 0) is 60.1 Å². The molecule has 0 N–H and O–H groups in total. The average Bonchev–Trinajstić information content (AvgIpc) is 2.69. The second kappa shape index (κ2) is 9.19. The number of isothiocyanates is 1. The van der Waals surface area contributed by atoms with Crippen LogP contribution in [0.2, 0.25) is 0 Å². The molecular formula is C24H17F2NS. The lowest BCUT2D eigenvalue weighted by molar-refractivity contribution is 0.629. The van der Waals surface area contributed by atoms with E-state index in [0.717, 1.165) is 18.4 Å². The first kappa shape index (κ1) is 19.6. The lowest BCUT2D eigenvalue weighted by atomic mass is 10.0. The monoisotopic (exact) mass is 389 g/mol. The minimum Gasteiger partial charge on any atom is -0.206 e. The Kier molecular flexibility index (Phi) is 6.45. The zero-order valence-corrected chi connectivity index (χ0v) is 16.1. The van der Waals surface area contributed by atoms with Crippen LogP contribution in [0, 0.1) is 23.5 Å². The van der Waals surface area contributed by atoms with Gasteiger partial charge in [0, 0.05) is 16.7 Å². The maximum Gasteiger partial charge on any atom is 0.150 e. The van der Waals surface area contributed by atoms with E-state index in [2.05, 4.69) is 41.1 Å². The molecule has 3 aromatic carbocycles. The van der Waals surface area contributed by atoms with Crippen LogP contribution >= 0.6 is 12.2 Å². The molecule has 0 atom stereocenters. The van der Waals surface area contributed by atoms with E-state index >= 15 is 0 Å². The predicted molar refractivity (Wildman–Crippen MR) is 113 cm³/mol. The Labute approximate surface area is 168 Å². The van der Waals surface area contributed by atoms with Gasteiger partial charge in [-0.3, -0.25) is 0 Å². The lowest BCUT2D eigenvalue weighted by Gasteiger charge is -2.06. The molecular weight excluding hydrogens is 372 g/mol. The summed E-state index contributed by atoms with van der Waals surface area (Å²) in [4.78, 5) is 3.62. The molecule has 0 saturated carbocycles. The third-order valence-electron chi connectivity index (χ3n) is 4.24. The van der Waals surface area contributed by atoms with Gasteiger partial charge >= 0.3 is 0 Å². The van der Waals surface area contributed by atoms with Gasteiger partial charge in [-0.15, -0.1) is 0 Å². The molecule has 0 aliphatic carbocycles. The highest BCUT2D eigenvalue weighted by Crippen LogP contribution is 2.24. The van der Waals surface area contributed by atoms with Crippen LogP contribution < -0.4 is 0 Å². The van der Waals surface area contributed by atoms with E-state index in [1.807, 2.05) is 24.3 Å². The normalized spacial score (nSPS) is 9.96. The highest BCUT2D eigenvalue weighted by Gasteiger charge is 2.06. The quantitative estimate of drug-likeness (QED) is 0.274. The molecule has 0 bridgehead atoms. The number of halogens is 2. The van der Waals surface area contributed by atoms with Gasteiger partial charge in [0.2, 0.25) is 0 Å². The summed E-state index contributed by atoms with van der Waals surface area (Å²) in [5.74, 6) is 4.82. The minimum atomic E-state index is -0.530. The van der Waals surface area contributed by atoms with Crippen molar-refractivity contribution >= 4 is 23.1 Å². The number of benzene rings is 3. The Hall–Kier alpha value is -3.12. The summed E-state index contributed by atoms with van der Waals surface area (Å²) in [7, 11) is 0. The summed E-state index contributed by atoms with van der Waals surface area (Å²) in [5.41, 5.74) is 3.70. The molecule has 1 nitrogen and oxygen atoms in total. The van der Waals surface area contributed by atoms with Crippen molar-refractivity contribution in [3.8, 4) is 23.0 Å². The second-order valence-corrected chi connectivity index (χ2v) is 6.44. The average molecular weight is 389 g/mol. The van der Waals surface area contributed by atoms with Gasteiger partial charge in [-0.2, -0.15) is 4.99 Å². The Morgan fingerprint density at radius 3 is 2.07 bits per heavy atom. The first-order chi connectivity index (χ1) is 13.6. The van der Waals surface area contributed by atoms with Crippen molar-refractivity contribution in [2.75, 3.05) is 0 Å². The molecule has 0 unspecified atom stereocenters. The van der Waals surface area contributed by atoms with Gasteiger partial charge < -0.3 is 0 Å². The molecule has 28 heavy (non-hydrogen) atoms. The Morgan fingerprint density at radius 1 is 0.857 bits per heavy atom. The molecule has 4 heteroatoms. The fourth-order valence-electron chi connectivity index (χ4n) is 2.84. The summed E-state index contributed by atoms with van der Waals surface area (Å²) in [5, 5.41) is 2.13. The van der Waals surface area contributed by atoms with Crippen molar-refractivity contribution < 1.29 is 8.78 Å². The molecule has 0 aromatic heterocycles. The zero-order valence-electron chi connectivity index (χ0n) is 15.3. The third kappa shape index (κ3) is 4.78. The molecule has 0 aliphatic heterocycles. The first-order valence-corrected chi connectivity index (χ1v) is 9.30. The number of hydrogen-bond acceptors (Lipinski definition) is 2. The van der Waals surface area contributed by atoms with Crippen molar-refractivity contribution in [3.05, 3.63) is 89.0 Å². The molecule has 0 amide bonds.